The minimum Gasteiger partial charge on any atom is -0.497 e. The predicted octanol–water partition coefficient (Wildman–Crippen LogP) is 3.68. The Labute approximate surface area is 213 Å². The van der Waals surface area contributed by atoms with Gasteiger partial charge in [-0.15, -0.1) is 10.2 Å². The number of amides is 2. The second-order valence-electron chi connectivity index (χ2n) is 8.93. The largest absolute Gasteiger partial charge is 0.497 e. The van der Waals surface area contributed by atoms with E-state index in [1.165, 1.54) is 16.0 Å². The first-order valence-electron chi connectivity index (χ1n) is 12.2. The van der Waals surface area contributed by atoms with Crippen LogP contribution in [0.1, 0.15) is 43.2 Å². The second kappa shape index (κ2) is 10.7. The molecule has 0 spiro atoms. The molecule has 0 saturated heterocycles. The number of methoxy groups -OCH3 is 1. The number of nitrogens with zero attached hydrogens (tertiary/aromatic N) is 5. The van der Waals surface area contributed by atoms with Gasteiger partial charge in [-0.3, -0.25) is 14.5 Å². The third kappa shape index (κ3) is 5.40. The Balaban J connectivity index is 1.49. The van der Waals surface area contributed by atoms with Gasteiger partial charge in [0.05, 0.1) is 13.4 Å². The molecule has 1 aliphatic carbocycles. The molecule has 1 atom stereocenters. The van der Waals surface area contributed by atoms with Crippen molar-refractivity contribution < 1.29 is 23.2 Å². The summed E-state index contributed by atoms with van der Waals surface area (Å²) in [6.07, 6.45) is 5.41. The van der Waals surface area contributed by atoms with Crippen LogP contribution in [-0.4, -0.2) is 45.2 Å². The molecule has 1 N–H and O–H groups in total. The maximum Gasteiger partial charge on any atom is 0.251 e. The van der Waals surface area contributed by atoms with E-state index in [-0.39, 0.29) is 24.3 Å². The van der Waals surface area contributed by atoms with E-state index in [0.717, 1.165) is 25.7 Å². The van der Waals surface area contributed by atoms with Gasteiger partial charge in [-0.25, -0.2) is 0 Å². The number of aromatic nitrogens is 4. The van der Waals surface area contributed by atoms with E-state index in [4.69, 9.17) is 13.6 Å². The number of hydrogen-bond donors (Lipinski definition) is 1. The summed E-state index contributed by atoms with van der Waals surface area (Å²) in [5, 5.41) is 15.4. The molecule has 1 fully saturated rings. The number of aryl methyl sites for hydroxylation is 1. The highest BCUT2D eigenvalue weighted by Gasteiger charge is 2.36. The maximum atomic E-state index is 13.9. The number of benzene rings is 1. The van der Waals surface area contributed by atoms with Crippen LogP contribution in [0.15, 0.2) is 63.6 Å². The van der Waals surface area contributed by atoms with Crippen LogP contribution >= 0.6 is 0 Å². The van der Waals surface area contributed by atoms with Crippen LogP contribution in [0, 0.1) is 6.92 Å². The topological polar surface area (TPSA) is 129 Å². The van der Waals surface area contributed by atoms with Crippen molar-refractivity contribution >= 4 is 17.5 Å². The van der Waals surface area contributed by atoms with Gasteiger partial charge in [-0.1, -0.05) is 18.9 Å². The Morgan fingerprint density at radius 3 is 2.73 bits per heavy atom. The van der Waals surface area contributed by atoms with Crippen molar-refractivity contribution in [3.63, 3.8) is 0 Å². The van der Waals surface area contributed by atoms with Gasteiger partial charge < -0.3 is 18.9 Å². The molecule has 3 heterocycles. The molecule has 1 saturated carbocycles. The van der Waals surface area contributed by atoms with Crippen LogP contribution in [0.25, 0.3) is 11.6 Å². The van der Waals surface area contributed by atoms with Gasteiger partial charge in [-0.2, -0.15) is 4.80 Å². The highest BCUT2D eigenvalue weighted by Crippen LogP contribution is 2.32. The lowest BCUT2D eigenvalue weighted by Crippen LogP contribution is -2.47. The number of furan rings is 2. The maximum absolute atomic E-state index is 13.9. The zero-order valence-electron chi connectivity index (χ0n) is 20.7. The van der Waals surface area contributed by atoms with Crippen LogP contribution in [0.3, 0.4) is 0 Å². The molecule has 3 aromatic heterocycles. The lowest BCUT2D eigenvalue weighted by atomic mass is 10.1. The summed E-state index contributed by atoms with van der Waals surface area (Å²) in [4.78, 5) is 30.1. The Bertz CT molecular complexity index is 1360. The average molecular weight is 505 g/mol. The molecular weight excluding hydrogens is 476 g/mol. The summed E-state index contributed by atoms with van der Waals surface area (Å²) in [5.41, 5.74) is 0.467. The van der Waals surface area contributed by atoms with E-state index in [1.807, 2.05) is 6.92 Å². The zero-order chi connectivity index (χ0) is 25.8. The molecule has 5 rings (SSSR count). The van der Waals surface area contributed by atoms with Crippen molar-refractivity contribution in [3.05, 3.63) is 66.3 Å². The number of carbonyl (C=O) groups excluding carboxylic acids is 2. The quantitative estimate of drug-likeness (QED) is 0.366. The molecule has 11 heteroatoms. The number of anilines is 1. The van der Waals surface area contributed by atoms with Gasteiger partial charge >= 0.3 is 0 Å². The monoisotopic (exact) mass is 504 g/mol. The van der Waals surface area contributed by atoms with Crippen molar-refractivity contribution in [2.24, 2.45) is 0 Å². The minimum absolute atomic E-state index is 0.0588. The van der Waals surface area contributed by atoms with Crippen LogP contribution in [0.2, 0.25) is 0 Å². The fourth-order valence-corrected chi connectivity index (χ4v) is 4.53. The molecule has 2 amide bonds. The summed E-state index contributed by atoms with van der Waals surface area (Å²) < 4.78 is 16.6. The van der Waals surface area contributed by atoms with Crippen LogP contribution in [0.4, 0.5) is 5.69 Å². The molecule has 4 aromatic rings. The molecule has 1 aliphatic rings. The first kappa shape index (κ1) is 24.3. The van der Waals surface area contributed by atoms with Crippen molar-refractivity contribution in [1.29, 1.82) is 0 Å². The highest BCUT2D eigenvalue weighted by atomic mass is 16.5. The number of carbonyl (C=O) groups is 2. The van der Waals surface area contributed by atoms with Gasteiger partial charge in [-0.05, 0) is 61.4 Å². The molecule has 37 heavy (non-hydrogen) atoms. The Morgan fingerprint density at radius 1 is 1.19 bits per heavy atom. The van der Waals surface area contributed by atoms with E-state index >= 15 is 0 Å². The summed E-state index contributed by atoms with van der Waals surface area (Å²) >= 11 is 0. The van der Waals surface area contributed by atoms with Crippen molar-refractivity contribution in [2.75, 3.05) is 12.0 Å². The Kier molecular flexibility index (Phi) is 7.02. The molecule has 192 valence electrons. The van der Waals surface area contributed by atoms with Gasteiger partial charge in [0.15, 0.2) is 11.8 Å². The lowest BCUT2D eigenvalue weighted by molar-refractivity contribution is -0.128. The Morgan fingerprint density at radius 2 is 2.03 bits per heavy atom. The zero-order valence-corrected chi connectivity index (χ0v) is 20.7. The van der Waals surface area contributed by atoms with Gasteiger partial charge in [0, 0.05) is 17.8 Å². The molecule has 0 bridgehead atoms. The van der Waals surface area contributed by atoms with E-state index < -0.39 is 11.9 Å². The van der Waals surface area contributed by atoms with Crippen LogP contribution in [0.5, 0.6) is 5.75 Å². The van der Waals surface area contributed by atoms with Crippen LogP contribution in [-0.2, 0) is 16.1 Å². The highest BCUT2D eigenvalue weighted by molar-refractivity contribution is 6.01. The summed E-state index contributed by atoms with van der Waals surface area (Å²) in [5.74, 6) is 1.54. The average Bonchev–Trinajstić information content (AvgIpc) is 3.71. The second-order valence-corrected chi connectivity index (χ2v) is 8.93. The standard InChI is InChI=1S/C26H28N6O5/c1-17-12-13-22(37-17)25-28-30-31(29-25)16-23(33)32(19-9-5-10-20(15-19)35-2)24(21-11-6-14-36-21)26(34)27-18-7-3-4-8-18/h5-6,9-15,18,24H,3-4,7-8,16H2,1-2H3,(H,27,34)/t24-/m0/s1. The fraction of sp³-hybridized carbons (Fsp3) is 0.346. The van der Waals surface area contributed by atoms with E-state index in [9.17, 15) is 9.59 Å². The molecule has 11 nitrogen and oxygen atoms in total. The molecule has 0 aliphatic heterocycles. The van der Waals surface area contributed by atoms with Gasteiger partial charge in [0.1, 0.15) is 23.8 Å². The Hall–Kier alpha value is -4.41. The van der Waals surface area contributed by atoms with Crippen molar-refractivity contribution in [2.45, 2.75) is 51.2 Å². The molecular formula is C26H28N6O5. The normalized spacial score (nSPS) is 14.4. The lowest BCUT2D eigenvalue weighted by Gasteiger charge is -2.30. The smallest absolute Gasteiger partial charge is 0.251 e. The molecule has 0 radical (unpaired) electrons. The first-order chi connectivity index (χ1) is 18.0. The SMILES string of the molecule is COc1cccc(N(C(=O)Cn2nnc(-c3ccc(C)o3)n2)[C@H](C(=O)NC2CCCC2)c2ccco2)c1. The van der Waals surface area contributed by atoms with Crippen molar-refractivity contribution in [1.82, 2.24) is 25.5 Å². The number of rotatable bonds is 9. The van der Waals surface area contributed by atoms with E-state index in [2.05, 4.69) is 20.7 Å². The first-order valence-corrected chi connectivity index (χ1v) is 12.2. The predicted molar refractivity (Wildman–Crippen MR) is 133 cm³/mol. The van der Waals surface area contributed by atoms with Crippen molar-refractivity contribution in [3.8, 4) is 17.3 Å². The minimum atomic E-state index is -1.05. The summed E-state index contributed by atoms with van der Waals surface area (Å²) in [7, 11) is 1.54. The number of hydrogen-bond acceptors (Lipinski definition) is 8. The summed E-state index contributed by atoms with van der Waals surface area (Å²) in [6.45, 7) is 1.55. The van der Waals surface area contributed by atoms with Gasteiger partial charge in [0.2, 0.25) is 5.82 Å². The number of ether oxygens (including phenoxy) is 1. The number of nitrogens with one attached hydrogen (secondary N) is 1. The number of tetrazole rings is 1. The third-order valence-corrected chi connectivity index (χ3v) is 6.31. The van der Waals surface area contributed by atoms with Gasteiger partial charge in [0.25, 0.3) is 11.8 Å². The van der Waals surface area contributed by atoms with E-state index in [0.29, 0.717) is 28.7 Å². The summed E-state index contributed by atoms with van der Waals surface area (Å²) in [6, 6.07) is 12.9. The van der Waals surface area contributed by atoms with E-state index in [1.54, 1.807) is 55.6 Å². The fourth-order valence-electron chi connectivity index (χ4n) is 4.53. The molecule has 0 unspecified atom stereocenters. The van der Waals surface area contributed by atoms with Crippen LogP contribution < -0.4 is 15.0 Å². The molecule has 1 aromatic carbocycles. The third-order valence-electron chi connectivity index (χ3n) is 6.31.